The van der Waals surface area contributed by atoms with E-state index in [1.54, 1.807) is 0 Å². The van der Waals surface area contributed by atoms with E-state index in [-0.39, 0.29) is 5.66 Å². The number of hydrazine groups is 1. The zero-order valence-corrected chi connectivity index (χ0v) is 19.1. The van der Waals surface area contributed by atoms with Crippen LogP contribution in [0.4, 0.5) is 0 Å². The molecule has 2 saturated heterocycles. The Balaban J connectivity index is 1.27. The maximum atomic E-state index is 11.7. The van der Waals surface area contributed by atoms with Gasteiger partial charge in [0.2, 0.25) is 0 Å². The molecule has 1 spiro atoms. The van der Waals surface area contributed by atoms with Gasteiger partial charge in [-0.05, 0) is 46.9 Å². The summed E-state index contributed by atoms with van der Waals surface area (Å²) in [4.78, 5) is 13.6. The number of benzene rings is 3. The molecule has 3 N–H and O–H groups in total. The second-order valence-electron chi connectivity index (χ2n) is 8.80. The van der Waals surface area contributed by atoms with Gasteiger partial charge in [0.15, 0.2) is 0 Å². The Labute approximate surface area is 198 Å². The average Bonchev–Trinajstić information content (AvgIpc) is 3.46. The molecule has 0 amide bonds. The number of halogens is 1. The van der Waals surface area contributed by atoms with Crippen LogP contribution in [0.1, 0.15) is 23.1 Å². The molecular weight excluding hydrogens is 438 g/mol. The highest BCUT2D eigenvalue weighted by atomic mass is 35.5. The van der Waals surface area contributed by atoms with Crippen molar-refractivity contribution in [2.24, 2.45) is 0 Å². The van der Waals surface area contributed by atoms with Crippen LogP contribution in [0, 0.1) is 6.92 Å². The smallest absolute Gasteiger partial charge is 0.321 e. The van der Waals surface area contributed by atoms with Gasteiger partial charge in [0.05, 0.1) is 5.02 Å². The van der Waals surface area contributed by atoms with Crippen LogP contribution in [-0.4, -0.2) is 34.2 Å². The van der Waals surface area contributed by atoms with E-state index in [1.807, 2.05) is 47.4 Å². The van der Waals surface area contributed by atoms with Crippen LogP contribution in [0.25, 0.3) is 11.1 Å². The van der Waals surface area contributed by atoms with Crippen LogP contribution in [0.3, 0.4) is 0 Å². The first-order valence-electron chi connectivity index (χ1n) is 11.0. The fourth-order valence-corrected chi connectivity index (χ4v) is 4.84. The number of hydrogen-bond acceptors (Lipinski definition) is 5. The first kappa shape index (κ1) is 21.9. The number of carboxylic acids is 1. The minimum atomic E-state index is -0.804. The van der Waals surface area contributed by atoms with Gasteiger partial charge in [-0.15, -0.1) is 0 Å². The predicted octanol–water partition coefficient (Wildman–Crippen LogP) is 4.36. The fraction of sp³-hybridized carbons (Fsp3) is 0.269. The minimum absolute atomic E-state index is 0.262. The first-order valence-corrected chi connectivity index (χ1v) is 11.4. The molecule has 0 unspecified atom stereocenters. The van der Waals surface area contributed by atoms with Gasteiger partial charge in [0.1, 0.15) is 24.1 Å². The number of nitrogens with one attached hydrogen (secondary N) is 2. The highest BCUT2D eigenvalue weighted by molar-refractivity contribution is 6.32. The van der Waals surface area contributed by atoms with E-state index in [0.717, 1.165) is 11.1 Å². The Kier molecular flexibility index (Phi) is 5.85. The summed E-state index contributed by atoms with van der Waals surface area (Å²) in [5, 5.41) is 10.1. The van der Waals surface area contributed by atoms with Crippen LogP contribution in [0.2, 0.25) is 5.02 Å². The topological polar surface area (TPSA) is 93.6 Å². The second kappa shape index (κ2) is 8.80. The maximum Gasteiger partial charge on any atom is 0.321 e. The molecule has 2 fully saturated rings. The van der Waals surface area contributed by atoms with Crippen molar-refractivity contribution in [3.63, 3.8) is 0 Å². The third kappa shape index (κ3) is 4.61. The normalized spacial score (nSPS) is 19.0. The van der Waals surface area contributed by atoms with E-state index in [9.17, 15) is 9.90 Å². The molecule has 0 saturated carbocycles. The summed E-state index contributed by atoms with van der Waals surface area (Å²) in [7, 11) is 0. The van der Waals surface area contributed by atoms with Crippen molar-refractivity contribution in [2.75, 3.05) is 6.54 Å². The second-order valence-corrected chi connectivity index (χ2v) is 9.21. The zero-order chi connectivity index (χ0) is 23.0. The van der Waals surface area contributed by atoms with Gasteiger partial charge in [0, 0.05) is 19.5 Å². The summed E-state index contributed by atoms with van der Waals surface area (Å²) in [5.74, 6) is -0.190. The van der Waals surface area contributed by atoms with Crippen LogP contribution in [-0.2, 0) is 17.9 Å². The lowest BCUT2D eigenvalue weighted by Crippen LogP contribution is -2.35. The van der Waals surface area contributed by atoms with E-state index < -0.39 is 12.0 Å². The fourth-order valence-electron chi connectivity index (χ4n) is 4.58. The lowest BCUT2D eigenvalue weighted by molar-refractivity contribution is -0.142. The molecular formula is C26H26ClN3O3. The molecule has 5 rings (SSSR count). The van der Waals surface area contributed by atoms with Crippen molar-refractivity contribution in [3.05, 3.63) is 88.4 Å². The summed E-state index contributed by atoms with van der Waals surface area (Å²) in [6, 6.07) is 21.7. The number of carboxylic acid groups (broad SMARTS) is 1. The molecule has 1 atom stereocenters. The van der Waals surface area contributed by atoms with Gasteiger partial charge in [-0.25, -0.2) is 10.9 Å². The Morgan fingerprint density at radius 3 is 2.64 bits per heavy atom. The molecule has 3 aromatic rings. The third-order valence-corrected chi connectivity index (χ3v) is 6.81. The predicted molar refractivity (Wildman–Crippen MR) is 128 cm³/mol. The van der Waals surface area contributed by atoms with Crippen molar-refractivity contribution in [3.8, 4) is 16.9 Å². The summed E-state index contributed by atoms with van der Waals surface area (Å²) >= 11 is 6.53. The largest absolute Gasteiger partial charge is 0.487 e. The van der Waals surface area contributed by atoms with Crippen molar-refractivity contribution < 1.29 is 14.6 Å². The molecule has 2 aliphatic rings. The molecule has 2 heterocycles. The summed E-state index contributed by atoms with van der Waals surface area (Å²) in [5.41, 5.74) is 11.5. The highest BCUT2D eigenvalue weighted by Crippen LogP contribution is 2.33. The molecule has 3 aromatic carbocycles. The first-order chi connectivity index (χ1) is 15.9. The third-order valence-electron chi connectivity index (χ3n) is 6.52. The Hall–Kier alpha value is -2.90. The standard InChI is InChI=1S/C26H26ClN3O3/c1-17-20(8-5-9-21(17)19-6-3-2-4-7-19)15-33-24-11-10-18(12-22(24)27)14-30-16-26(28-29-26)13-23(30)25(31)32/h2-12,23,28-29H,13-16H2,1H3,(H,31,32)/t23-/m0/s1. The van der Waals surface area contributed by atoms with Crippen LogP contribution in [0.15, 0.2) is 66.7 Å². The molecule has 0 aliphatic carbocycles. The zero-order valence-electron chi connectivity index (χ0n) is 18.3. The SMILES string of the molecule is Cc1c(COc2ccc(CN3CC4(C[C@H]3C(=O)O)NN4)cc2Cl)cccc1-c1ccccc1. The quantitative estimate of drug-likeness (QED) is 0.451. The molecule has 33 heavy (non-hydrogen) atoms. The molecule has 0 aromatic heterocycles. The van der Waals surface area contributed by atoms with Gasteiger partial charge in [-0.2, -0.15) is 0 Å². The van der Waals surface area contributed by atoms with E-state index in [2.05, 4.69) is 42.0 Å². The van der Waals surface area contributed by atoms with E-state index >= 15 is 0 Å². The van der Waals surface area contributed by atoms with Crippen molar-refractivity contribution >= 4 is 17.6 Å². The lowest BCUT2D eigenvalue weighted by Gasteiger charge is -2.21. The monoisotopic (exact) mass is 463 g/mol. The summed E-state index contributed by atoms with van der Waals surface area (Å²) in [6.07, 6.45) is 0.540. The minimum Gasteiger partial charge on any atom is -0.487 e. The number of likely N-dealkylation sites (tertiary alicyclic amines) is 1. The van der Waals surface area contributed by atoms with E-state index in [1.165, 1.54) is 16.7 Å². The Bertz CT molecular complexity index is 1180. The number of rotatable bonds is 7. The Morgan fingerprint density at radius 1 is 1.15 bits per heavy atom. The van der Waals surface area contributed by atoms with Crippen molar-refractivity contribution in [1.82, 2.24) is 15.8 Å². The van der Waals surface area contributed by atoms with E-state index in [0.29, 0.717) is 36.9 Å². The molecule has 0 radical (unpaired) electrons. The summed E-state index contributed by atoms with van der Waals surface area (Å²) in [6.45, 7) is 3.67. The van der Waals surface area contributed by atoms with Crippen LogP contribution >= 0.6 is 11.6 Å². The van der Waals surface area contributed by atoms with Crippen LogP contribution in [0.5, 0.6) is 5.75 Å². The summed E-state index contributed by atoms with van der Waals surface area (Å²) < 4.78 is 6.06. The number of hydrogen-bond donors (Lipinski definition) is 3. The van der Waals surface area contributed by atoms with Crippen molar-refractivity contribution in [1.29, 1.82) is 0 Å². The molecule has 7 heteroatoms. The van der Waals surface area contributed by atoms with Gasteiger partial charge in [0.25, 0.3) is 0 Å². The van der Waals surface area contributed by atoms with Crippen LogP contribution < -0.4 is 15.6 Å². The van der Waals surface area contributed by atoms with Gasteiger partial charge in [-0.1, -0.05) is 66.2 Å². The molecule has 2 aliphatic heterocycles. The van der Waals surface area contributed by atoms with Gasteiger partial charge in [-0.3, -0.25) is 9.69 Å². The van der Waals surface area contributed by atoms with Gasteiger partial charge < -0.3 is 9.84 Å². The number of aliphatic carboxylic acids is 1. The number of carbonyl (C=O) groups is 1. The van der Waals surface area contributed by atoms with E-state index in [4.69, 9.17) is 16.3 Å². The number of ether oxygens (including phenoxy) is 1. The average molecular weight is 464 g/mol. The number of nitrogens with zero attached hydrogens (tertiary/aromatic N) is 1. The van der Waals surface area contributed by atoms with Crippen molar-refractivity contribution in [2.45, 2.75) is 38.2 Å². The Morgan fingerprint density at radius 2 is 1.94 bits per heavy atom. The molecule has 6 nitrogen and oxygen atoms in total. The molecule has 0 bridgehead atoms. The van der Waals surface area contributed by atoms with Gasteiger partial charge >= 0.3 is 5.97 Å². The maximum absolute atomic E-state index is 11.7. The highest BCUT2D eigenvalue weighted by Gasteiger charge is 2.54. The molecule has 170 valence electrons. The lowest BCUT2D eigenvalue weighted by atomic mass is 9.97.